The van der Waals surface area contributed by atoms with Gasteiger partial charge in [-0.15, -0.1) is 0 Å². The van der Waals surface area contributed by atoms with Crippen LogP contribution in [0.1, 0.15) is 0 Å². The topological polar surface area (TPSA) is 49.0 Å². The summed E-state index contributed by atoms with van der Waals surface area (Å²) < 4.78 is 17.3. The zero-order valence-corrected chi connectivity index (χ0v) is 25.6. The first-order valence-electron chi connectivity index (χ1n) is 16.1. The number of rotatable bonds is 2. The molecule has 11 rings (SSSR count). The highest BCUT2D eigenvalue weighted by atomic mass is 16.3. The summed E-state index contributed by atoms with van der Waals surface area (Å²) in [6, 6.07) is 42.5. The van der Waals surface area contributed by atoms with Crippen molar-refractivity contribution in [2.75, 3.05) is 0 Å². The molecule has 48 heavy (non-hydrogen) atoms. The molecule has 5 heterocycles. The van der Waals surface area contributed by atoms with Crippen LogP contribution in [0.3, 0.4) is 0 Å². The molecule has 224 valence electrons. The Morgan fingerprint density at radius 3 is 1.42 bits per heavy atom. The lowest BCUT2D eigenvalue weighted by Crippen LogP contribution is -1.92. The molecule has 0 bridgehead atoms. The van der Waals surface area contributed by atoms with E-state index in [0.29, 0.717) is 5.71 Å². The molecule has 0 atom stereocenters. The second-order valence-electron chi connectivity index (χ2n) is 12.4. The van der Waals surface area contributed by atoms with Gasteiger partial charge in [0.05, 0.1) is 11.4 Å². The van der Waals surface area contributed by atoms with Gasteiger partial charge < -0.3 is 18.0 Å². The molecule has 5 aromatic heterocycles. The largest absolute Gasteiger partial charge is 0.454 e. The molecule has 5 aromatic carbocycles. The van der Waals surface area contributed by atoms with Crippen LogP contribution < -0.4 is 0 Å². The molecule has 5 nitrogen and oxygen atoms in total. The van der Waals surface area contributed by atoms with Gasteiger partial charge >= 0.3 is 0 Å². The van der Waals surface area contributed by atoms with Gasteiger partial charge in [0.15, 0.2) is 11.2 Å². The van der Waals surface area contributed by atoms with Gasteiger partial charge in [0.1, 0.15) is 5.58 Å². The second kappa shape index (κ2) is 9.47. The van der Waals surface area contributed by atoms with E-state index in [4.69, 9.17) is 8.83 Å². The molecule has 10 aromatic rings. The summed E-state index contributed by atoms with van der Waals surface area (Å²) in [5.74, 6) is 0. The molecule has 0 radical (unpaired) electrons. The van der Waals surface area contributed by atoms with Crippen LogP contribution in [0, 0.1) is 0 Å². The van der Waals surface area contributed by atoms with Crippen molar-refractivity contribution in [2.45, 2.75) is 0 Å². The van der Waals surface area contributed by atoms with E-state index < -0.39 is 0 Å². The van der Waals surface area contributed by atoms with Crippen molar-refractivity contribution >= 4 is 44.0 Å². The fraction of sp³-hybridized carbons (Fsp3) is 0. The lowest BCUT2D eigenvalue weighted by Gasteiger charge is -2.18. The molecule has 0 amide bonds. The first kappa shape index (κ1) is 25.6. The van der Waals surface area contributed by atoms with E-state index >= 15 is 0 Å². The Bertz CT molecular complexity index is 2630. The van der Waals surface area contributed by atoms with E-state index in [9.17, 15) is 0 Å². The summed E-state index contributed by atoms with van der Waals surface area (Å²) in [6.07, 6.45) is 10.8. The van der Waals surface area contributed by atoms with Crippen molar-refractivity contribution in [3.63, 3.8) is 0 Å². The lowest BCUT2D eigenvalue weighted by atomic mass is 9.84. The van der Waals surface area contributed by atoms with Crippen LogP contribution in [0.4, 0.5) is 0 Å². The van der Waals surface area contributed by atoms with Crippen molar-refractivity contribution < 1.29 is 8.83 Å². The molecule has 1 aliphatic carbocycles. The zero-order chi connectivity index (χ0) is 31.3. The van der Waals surface area contributed by atoms with Crippen LogP contribution >= 0.6 is 0 Å². The fourth-order valence-corrected chi connectivity index (χ4v) is 7.71. The minimum atomic E-state index is 0.649. The zero-order valence-electron chi connectivity index (χ0n) is 25.6. The molecule has 0 N–H and O–H groups in total. The van der Waals surface area contributed by atoms with Crippen LogP contribution in [-0.4, -0.2) is 14.1 Å². The number of fused-ring (bicyclic) bond motifs is 14. The number of para-hydroxylation sites is 3. The van der Waals surface area contributed by atoms with E-state index in [1.54, 1.807) is 6.20 Å². The van der Waals surface area contributed by atoms with Gasteiger partial charge in [0.25, 0.3) is 0 Å². The fourth-order valence-electron chi connectivity index (χ4n) is 7.71. The van der Waals surface area contributed by atoms with Gasteiger partial charge in [-0.25, -0.2) is 4.98 Å². The normalized spacial score (nSPS) is 12.2. The highest BCUT2D eigenvalue weighted by Gasteiger charge is 2.26. The smallest absolute Gasteiger partial charge is 0.227 e. The Balaban J connectivity index is 1.16. The maximum absolute atomic E-state index is 6.47. The first-order chi connectivity index (χ1) is 23.8. The Kier molecular flexibility index (Phi) is 5.05. The van der Waals surface area contributed by atoms with Crippen LogP contribution in [0.15, 0.2) is 161 Å². The molecular formula is C43H25N3O2. The van der Waals surface area contributed by atoms with Crippen molar-refractivity contribution in [3.8, 4) is 55.9 Å². The van der Waals surface area contributed by atoms with E-state index in [1.807, 2.05) is 18.2 Å². The van der Waals surface area contributed by atoms with Crippen LogP contribution in [0.2, 0.25) is 0 Å². The standard InChI is InChI=1S/C43H25N3O2/c1-3-12-28-26(10-1)34-22-45(38-18-7-15-31-30-14-5-6-20-40(30)47-41(31)38)23-35(34)27-11-2-4-13-29(27)37-25-46(24-36(28)37)39-19-8-16-32-33-17-9-21-44-43(33)48-42(32)39/h1-25H. The molecular weight excluding hydrogens is 590 g/mol. The predicted octanol–water partition coefficient (Wildman–Crippen LogP) is 11.4. The van der Waals surface area contributed by atoms with Crippen LogP contribution in [0.5, 0.6) is 0 Å². The SMILES string of the molecule is c1ccc2c(c1)-c1cn(-c3cccc4c3oc3ccccc34)cc1-c1ccccc1-c1cn(-c3cccc4c3oc3ncccc34)cc1-2. The summed E-state index contributed by atoms with van der Waals surface area (Å²) in [5.41, 5.74) is 14.7. The first-order valence-corrected chi connectivity index (χ1v) is 16.1. The van der Waals surface area contributed by atoms with Crippen molar-refractivity contribution in [1.82, 2.24) is 14.1 Å². The quantitative estimate of drug-likeness (QED) is 0.194. The van der Waals surface area contributed by atoms with Gasteiger partial charge in [-0.2, -0.15) is 0 Å². The maximum Gasteiger partial charge on any atom is 0.227 e. The highest BCUT2D eigenvalue weighted by Crippen LogP contribution is 2.49. The molecule has 1 aliphatic rings. The number of pyridine rings is 1. The number of benzene rings is 5. The van der Waals surface area contributed by atoms with Gasteiger partial charge in [0, 0.05) is 74.8 Å². The van der Waals surface area contributed by atoms with E-state index in [2.05, 4.69) is 142 Å². The summed E-state index contributed by atoms with van der Waals surface area (Å²) in [6.45, 7) is 0. The Morgan fingerprint density at radius 2 is 0.833 bits per heavy atom. The van der Waals surface area contributed by atoms with E-state index in [-0.39, 0.29) is 0 Å². The van der Waals surface area contributed by atoms with Gasteiger partial charge in [-0.3, -0.25) is 0 Å². The summed E-state index contributed by atoms with van der Waals surface area (Å²) in [7, 11) is 0. The summed E-state index contributed by atoms with van der Waals surface area (Å²) in [5, 5.41) is 4.32. The lowest BCUT2D eigenvalue weighted by molar-refractivity contribution is 0.651. The number of hydrogen-bond donors (Lipinski definition) is 0. The summed E-state index contributed by atoms with van der Waals surface area (Å²) >= 11 is 0. The average Bonchev–Trinajstić information content (AvgIpc) is 3.93. The van der Waals surface area contributed by atoms with E-state index in [0.717, 1.165) is 49.7 Å². The van der Waals surface area contributed by atoms with Crippen molar-refractivity contribution in [1.29, 1.82) is 0 Å². The van der Waals surface area contributed by atoms with Crippen LogP contribution in [-0.2, 0) is 0 Å². The minimum absolute atomic E-state index is 0.649. The number of furan rings is 2. The highest BCUT2D eigenvalue weighted by molar-refractivity contribution is 6.09. The summed E-state index contributed by atoms with van der Waals surface area (Å²) in [4.78, 5) is 4.49. The third kappa shape index (κ3) is 3.47. The van der Waals surface area contributed by atoms with Crippen molar-refractivity contribution in [3.05, 3.63) is 152 Å². The Hall–Kier alpha value is -6.59. The third-order valence-corrected chi connectivity index (χ3v) is 9.86. The molecule has 0 saturated heterocycles. The van der Waals surface area contributed by atoms with Gasteiger partial charge in [-0.05, 0) is 52.6 Å². The maximum atomic E-state index is 6.47. The molecule has 0 unspecified atom stereocenters. The molecule has 0 saturated carbocycles. The van der Waals surface area contributed by atoms with Gasteiger partial charge in [0.2, 0.25) is 5.71 Å². The average molecular weight is 616 g/mol. The molecule has 0 fully saturated rings. The monoisotopic (exact) mass is 615 g/mol. The van der Waals surface area contributed by atoms with E-state index in [1.165, 1.54) is 44.5 Å². The molecule has 5 heteroatoms. The number of nitrogens with zero attached hydrogens (tertiary/aromatic N) is 3. The predicted molar refractivity (Wildman–Crippen MR) is 193 cm³/mol. The minimum Gasteiger partial charge on any atom is -0.454 e. The number of hydrogen-bond acceptors (Lipinski definition) is 3. The second-order valence-corrected chi connectivity index (χ2v) is 12.4. The third-order valence-electron chi connectivity index (χ3n) is 9.86. The van der Waals surface area contributed by atoms with Crippen molar-refractivity contribution in [2.24, 2.45) is 0 Å². The Labute approximate surface area is 274 Å². The number of aromatic nitrogens is 3. The van der Waals surface area contributed by atoms with Crippen LogP contribution in [0.25, 0.3) is 99.9 Å². The Morgan fingerprint density at radius 1 is 0.375 bits per heavy atom. The van der Waals surface area contributed by atoms with Gasteiger partial charge in [-0.1, -0.05) is 91.0 Å². The molecule has 0 spiro atoms. The molecule has 0 aliphatic heterocycles.